The number of para-hydroxylation sites is 1. The Morgan fingerprint density at radius 1 is 1.14 bits per heavy atom. The molecule has 1 aromatic carbocycles. The van der Waals surface area contributed by atoms with E-state index in [1.165, 1.54) is 0 Å². The number of benzene rings is 1. The van der Waals surface area contributed by atoms with Crippen LogP contribution in [0.2, 0.25) is 0 Å². The third-order valence-corrected chi connectivity index (χ3v) is 3.88. The number of rotatable bonds is 4. The predicted molar refractivity (Wildman–Crippen MR) is 86.3 cm³/mol. The van der Waals surface area contributed by atoms with Crippen molar-refractivity contribution < 1.29 is 9.59 Å². The maximum Gasteiger partial charge on any atom is 0.320 e. The first-order valence-corrected chi connectivity index (χ1v) is 7.52. The first-order valence-electron chi connectivity index (χ1n) is 7.52. The number of carbonyl (C=O) groups excluding carboxylic acids is 2. The van der Waals surface area contributed by atoms with E-state index in [0.29, 0.717) is 18.5 Å². The Kier molecular flexibility index (Phi) is 5.42. The zero-order chi connectivity index (χ0) is 15.8. The number of anilines is 1. The second-order valence-corrected chi connectivity index (χ2v) is 5.47. The van der Waals surface area contributed by atoms with Crippen LogP contribution in [0.15, 0.2) is 30.3 Å². The highest BCUT2D eigenvalue weighted by atomic mass is 16.2. The van der Waals surface area contributed by atoms with Gasteiger partial charge in [-0.3, -0.25) is 4.79 Å². The molecule has 0 heterocycles. The van der Waals surface area contributed by atoms with Crippen LogP contribution in [-0.2, 0) is 4.79 Å². The van der Waals surface area contributed by atoms with Crippen LogP contribution in [0.3, 0.4) is 0 Å². The van der Waals surface area contributed by atoms with Gasteiger partial charge in [-0.25, -0.2) is 4.79 Å². The standard InChI is InChI=1S/C17H21N3O2/c1-2-13-18-15(21)17(11-7-4-8-12-17)20-16(22)19-14-9-5-3-6-10-14/h1,3,5-6,9-10H,4,7-8,11-13H2,(H,18,21)(H2,19,20,22). The summed E-state index contributed by atoms with van der Waals surface area (Å²) in [5.74, 6) is 2.19. The van der Waals surface area contributed by atoms with Gasteiger partial charge in [0.15, 0.2) is 0 Å². The molecule has 0 radical (unpaired) electrons. The molecule has 3 amide bonds. The molecule has 116 valence electrons. The van der Waals surface area contributed by atoms with Crippen molar-refractivity contribution in [3.05, 3.63) is 30.3 Å². The summed E-state index contributed by atoms with van der Waals surface area (Å²) in [5.41, 5.74) is -0.177. The SMILES string of the molecule is C#CCNC(=O)C1(NC(=O)Nc2ccccc2)CCCCC1. The predicted octanol–water partition coefficient (Wildman–Crippen LogP) is 2.26. The van der Waals surface area contributed by atoms with E-state index < -0.39 is 5.54 Å². The first-order chi connectivity index (χ1) is 10.7. The molecule has 0 spiro atoms. The Morgan fingerprint density at radius 3 is 2.45 bits per heavy atom. The summed E-state index contributed by atoms with van der Waals surface area (Å²) >= 11 is 0. The molecule has 2 rings (SSSR count). The van der Waals surface area contributed by atoms with Gasteiger partial charge in [0, 0.05) is 5.69 Å². The zero-order valence-corrected chi connectivity index (χ0v) is 12.5. The largest absolute Gasteiger partial charge is 0.343 e. The molecule has 0 aromatic heterocycles. The van der Waals surface area contributed by atoms with E-state index in [9.17, 15) is 9.59 Å². The van der Waals surface area contributed by atoms with Crippen LogP contribution < -0.4 is 16.0 Å². The van der Waals surface area contributed by atoms with Crippen molar-refractivity contribution in [2.24, 2.45) is 0 Å². The molecule has 1 aromatic rings. The monoisotopic (exact) mass is 299 g/mol. The molecule has 22 heavy (non-hydrogen) atoms. The molecule has 0 saturated heterocycles. The molecule has 0 unspecified atom stereocenters. The molecule has 1 saturated carbocycles. The van der Waals surface area contributed by atoms with E-state index in [4.69, 9.17) is 6.42 Å². The Labute approximate surface area is 130 Å². The quantitative estimate of drug-likeness (QED) is 0.746. The second-order valence-electron chi connectivity index (χ2n) is 5.47. The van der Waals surface area contributed by atoms with Gasteiger partial charge in [-0.2, -0.15) is 0 Å². The van der Waals surface area contributed by atoms with Gasteiger partial charge in [0.1, 0.15) is 5.54 Å². The minimum absolute atomic E-state index is 0.169. The number of urea groups is 1. The van der Waals surface area contributed by atoms with E-state index in [1.807, 2.05) is 18.2 Å². The topological polar surface area (TPSA) is 70.2 Å². The third-order valence-electron chi connectivity index (χ3n) is 3.88. The first kappa shape index (κ1) is 15.9. The van der Waals surface area contributed by atoms with Crippen LogP contribution in [0, 0.1) is 12.3 Å². The molecule has 5 heteroatoms. The van der Waals surface area contributed by atoms with Gasteiger partial charge in [-0.15, -0.1) is 6.42 Å². The van der Waals surface area contributed by atoms with Gasteiger partial charge >= 0.3 is 6.03 Å². The fourth-order valence-corrected chi connectivity index (χ4v) is 2.77. The Balaban J connectivity index is 2.04. The average molecular weight is 299 g/mol. The third kappa shape index (κ3) is 4.01. The van der Waals surface area contributed by atoms with Crippen LogP contribution in [-0.4, -0.2) is 24.0 Å². The highest BCUT2D eigenvalue weighted by Crippen LogP contribution is 2.28. The number of amides is 3. The van der Waals surface area contributed by atoms with Crippen LogP contribution in [0.5, 0.6) is 0 Å². The normalized spacial score (nSPS) is 16.1. The lowest BCUT2D eigenvalue weighted by Crippen LogP contribution is -2.60. The van der Waals surface area contributed by atoms with Crippen LogP contribution >= 0.6 is 0 Å². The van der Waals surface area contributed by atoms with Crippen LogP contribution in [0.25, 0.3) is 0 Å². The Hall–Kier alpha value is -2.48. The lowest BCUT2D eigenvalue weighted by Gasteiger charge is -2.36. The number of hydrogen-bond donors (Lipinski definition) is 3. The Morgan fingerprint density at radius 2 is 1.82 bits per heavy atom. The molecule has 0 atom stereocenters. The van der Waals surface area contributed by atoms with Crippen molar-refractivity contribution >= 4 is 17.6 Å². The summed E-state index contributed by atoms with van der Waals surface area (Å²) in [6.45, 7) is 0.169. The van der Waals surface area contributed by atoms with Crippen molar-refractivity contribution in [1.82, 2.24) is 10.6 Å². The fourth-order valence-electron chi connectivity index (χ4n) is 2.77. The summed E-state index contributed by atoms with van der Waals surface area (Å²) < 4.78 is 0. The van der Waals surface area contributed by atoms with Crippen molar-refractivity contribution in [3.63, 3.8) is 0 Å². The molecular weight excluding hydrogens is 278 g/mol. The van der Waals surface area contributed by atoms with E-state index in [-0.39, 0.29) is 18.5 Å². The number of carbonyl (C=O) groups is 2. The van der Waals surface area contributed by atoms with E-state index in [1.54, 1.807) is 12.1 Å². The highest BCUT2D eigenvalue weighted by Gasteiger charge is 2.40. The smallest absolute Gasteiger partial charge is 0.320 e. The van der Waals surface area contributed by atoms with Crippen LogP contribution in [0.4, 0.5) is 10.5 Å². The summed E-state index contributed by atoms with van der Waals surface area (Å²) in [6, 6.07) is 8.77. The van der Waals surface area contributed by atoms with Crippen molar-refractivity contribution in [3.8, 4) is 12.3 Å². The summed E-state index contributed by atoms with van der Waals surface area (Å²) in [7, 11) is 0. The average Bonchev–Trinajstić information content (AvgIpc) is 2.54. The fraction of sp³-hybridized carbons (Fsp3) is 0.412. The summed E-state index contributed by atoms with van der Waals surface area (Å²) in [6.07, 6.45) is 9.35. The Bertz CT molecular complexity index is 557. The lowest BCUT2D eigenvalue weighted by molar-refractivity contribution is -0.128. The molecule has 1 fully saturated rings. The van der Waals surface area contributed by atoms with Gasteiger partial charge in [-0.1, -0.05) is 43.4 Å². The number of terminal acetylenes is 1. The molecule has 1 aliphatic carbocycles. The highest BCUT2D eigenvalue weighted by molar-refractivity contribution is 5.96. The summed E-state index contributed by atoms with van der Waals surface area (Å²) in [5, 5.41) is 8.31. The molecular formula is C17H21N3O2. The molecule has 1 aliphatic rings. The van der Waals surface area contributed by atoms with Crippen molar-refractivity contribution in [2.45, 2.75) is 37.6 Å². The molecule has 0 aliphatic heterocycles. The summed E-state index contributed by atoms with van der Waals surface area (Å²) in [4.78, 5) is 24.6. The van der Waals surface area contributed by atoms with Gasteiger partial charge in [0.2, 0.25) is 5.91 Å². The zero-order valence-electron chi connectivity index (χ0n) is 12.5. The number of nitrogens with one attached hydrogen (secondary N) is 3. The number of hydrogen-bond acceptors (Lipinski definition) is 2. The van der Waals surface area contributed by atoms with E-state index in [2.05, 4.69) is 21.9 Å². The van der Waals surface area contributed by atoms with Crippen molar-refractivity contribution in [2.75, 3.05) is 11.9 Å². The lowest BCUT2D eigenvalue weighted by atomic mass is 9.81. The minimum Gasteiger partial charge on any atom is -0.343 e. The van der Waals surface area contributed by atoms with E-state index >= 15 is 0 Å². The maximum atomic E-state index is 12.4. The van der Waals surface area contributed by atoms with Gasteiger partial charge in [0.25, 0.3) is 0 Å². The van der Waals surface area contributed by atoms with Gasteiger partial charge < -0.3 is 16.0 Å². The van der Waals surface area contributed by atoms with Crippen LogP contribution in [0.1, 0.15) is 32.1 Å². The molecule has 5 nitrogen and oxygen atoms in total. The minimum atomic E-state index is -0.867. The van der Waals surface area contributed by atoms with Gasteiger partial charge in [-0.05, 0) is 25.0 Å². The van der Waals surface area contributed by atoms with Gasteiger partial charge in [0.05, 0.1) is 6.54 Å². The maximum absolute atomic E-state index is 12.4. The molecule has 3 N–H and O–H groups in total. The second kappa shape index (κ2) is 7.51. The van der Waals surface area contributed by atoms with E-state index in [0.717, 1.165) is 19.3 Å². The molecule has 0 bridgehead atoms. The van der Waals surface area contributed by atoms with Crippen molar-refractivity contribution in [1.29, 1.82) is 0 Å².